The van der Waals surface area contributed by atoms with Gasteiger partial charge in [0.1, 0.15) is 6.10 Å². The third-order valence-electron chi connectivity index (χ3n) is 2.20. The SMILES string of the molecule is COCC(C)Oc1cnc(CNC(C)(C)C)cn1. The zero-order valence-electron chi connectivity index (χ0n) is 11.9. The quantitative estimate of drug-likeness (QED) is 0.837. The van der Waals surface area contributed by atoms with Crippen LogP contribution in [0, 0.1) is 0 Å². The highest BCUT2D eigenvalue weighted by Crippen LogP contribution is 2.08. The van der Waals surface area contributed by atoms with Crippen LogP contribution < -0.4 is 10.1 Å². The molecule has 5 nitrogen and oxygen atoms in total. The molecule has 1 aromatic heterocycles. The Morgan fingerprint density at radius 2 is 2.00 bits per heavy atom. The molecule has 1 rings (SSSR count). The van der Waals surface area contributed by atoms with Crippen molar-refractivity contribution in [3.05, 3.63) is 18.1 Å². The minimum Gasteiger partial charge on any atom is -0.471 e. The molecule has 0 amide bonds. The third-order valence-corrected chi connectivity index (χ3v) is 2.20. The van der Waals surface area contributed by atoms with Gasteiger partial charge in [0.15, 0.2) is 0 Å². The number of aromatic nitrogens is 2. The van der Waals surface area contributed by atoms with Gasteiger partial charge >= 0.3 is 0 Å². The standard InChI is InChI=1S/C13H23N3O2/c1-10(9-17-5)18-12-8-14-11(6-15-12)7-16-13(2,3)4/h6,8,10,16H,7,9H2,1-5H3. The lowest BCUT2D eigenvalue weighted by Crippen LogP contribution is -2.35. The Hall–Kier alpha value is -1.20. The normalized spacial score (nSPS) is 13.4. The van der Waals surface area contributed by atoms with Crippen LogP contribution in [0.4, 0.5) is 0 Å². The Labute approximate surface area is 109 Å². The fraction of sp³-hybridized carbons (Fsp3) is 0.692. The van der Waals surface area contributed by atoms with E-state index in [9.17, 15) is 0 Å². The van der Waals surface area contributed by atoms with Gasteiger partial charge in [-0.1, -0.05) is 0 Å². The first-order valence-corrected chi connectivity index (χ1v) is 6.12. The molecule has 0 aliphatic carbocycles. The summed E-state index contributed by atoms with van der Waals surface area (Å²) in [6, 6.07) is 0. The van der Waals surface area contributed by atoms with E-state index >= 15 is 0 Å². The van der Waals surface area contributed by atoms with Crippen LogP contribution in [0.5, 0.6) is 5.88 Å². The molecule has 102 valence electrons. The topological polar surface area (TPSA) is 56.3 Å². The van der Waals surface area contributed by atoms with Crippen molar-refractivity contribution in [3.8, 4) is 5.88 Å². The van der Waals surface area contributed by atoms with Crippen molar-refractivity contribution in [1.82, 2.24) is 15.3 Å². The second-order valence-electron chi connectivity index (χ2n) is 5.33. The van der Waals surface area contributed by atoms with E-state index in [0.717, 1.165) is 5.69 Å². The molecular weight excluding hydrogens is 230 g/mol. The van der Waals surface area contributed by atoms with Crippen molar-refractivity contribution in [2.24, 2.45) is 0 Å². The summed E-state index contributed by atoms with van der Waals surface area (Å²) in [7, 11) is 1.65. The molecule has 5 heteroatoms. The summed E-state index contributed by atoms with van der Waals surface area (Å²) < 4.78 is 10.5. The van der Waals surface area contributed by atoms with E-state index in [1.54, 1.807) is 19.5 Å². The number of hydrogen-bond acceptors (Lipinski definition) is 5. The maximum absolute atomic E-state index is 5.54. The van der Waals surface area contributed by atoms with Crippen molar-refractivity contribution in [1.29, 1.82) is 0 Å². The number of hydrogen-bond donors (Lipinski definition) is 1. The summed E-state index contributed by atoms with van der Waals surface area (Å²) in [5.74, 6) is 0.527. The fourth-order valence-corrected chi connectivity index (χ4v) is 1.33. The Bertz CT molecular complexity index is 346. The van der Waals surface area contributed by atoms with Gasteiger partial charge in [0.05, 0.1) is 24.7 Å². The number of methoxy groups -OCH3 is 1. The molecule has 1 atom stereocenters. The molecule has 0 spiro atoms. The molecular formula is C13H23N3O2. The van der Waals surface area contributed by atoms with Gasteiger partial charge in [-0.3, -0.25) is 4.98 Å². The second-order valence-corrected chi connectivity index (χ2v) is 5.33. The minimum atomic E-state index is -0.0251. The lowest BCUT2D eigenvalue weighted by molar-refractivity contribution is 0.0886. The summed E-state index contributed by atoms with van der Waals surface area (Å²) in [4.78, 5) is 8.53. The largest absolute Gasteiger partial charge is 0.471 e. The van der Waals surface area contributed by atoms with Crippen LogP contribution in [0.3, 0.4) is 0 Å². The Balaban J connectivity index is 2.47. The monoisotopic (exact) mass is 253 g/mol. The summed E-state index contributed by atoms with van der Waals surface area (Å²) in [5.41, 5.74) is 0.973. The van der Waals surface area contributed by atoms with Gasteiger partial charge in [0.25, 0.3) is 0 Å². The molecule has 0 radical (unpaired) electrons. The Kier molecular flexibility index (Phi) is 5.50. The minimum absolute atomic E-state index is 0.0251. The van der Waals surface area contributed by atoms with Gasteiger partial charge in [-0.2, -0.15) is 0 Å². The van der Waals surface area contributed by atoms with Gasteiger partial charge in [-0.05, 0) is 27.7 Å². The molecule has 1 unspecified atom stereocenters. The summed E-state index contributed by atoms with van der Waals surface area (Å²) in [6.07, 6.45) is 3.35. The van der Waals surface area contributed by atoms with Crippen LogP contribution in [-0.4, -0.2) is 35.3 Å². The number of nitrogens with zero attached hydrogens (tertiary/aromatic N) is 2. The van der Waals surface area contributed by atoms with E-state index in [1.807, 2.05) is 6.92 Å². The highest BCUT2D eigenvalue weighted by molar-refractivity contribution is 5.07. The lowest BCUT2D eigenvalue weighted by atomic mass is 10.1. The van der Waals surface area contributed by atoms with Gasteiger partial charge in [0, 0.05) is 19.2 Å². The van der Waals surface area contributed by atoms with E-state index in [-0.39, 0.29) is 11.6 Å². The second kappa shape index (κ2) is 6.66. The van der Waals surface area contributed by atoms with Crippen molar-refractivity contribution in [2.75, 3.05) is 13.7 Å². The smallest absolute Gasteiger partial charge is 0.232 e. The molecule has 0 bridgehead atoms. The van der Waals surface area contributed by atoms with Crippen LogP contribution in [-0.2, 0) is 11.3 Å². The number of nitrogens with one attached hydrogen (secondary N) is 1. The number of rotatable bonds is 6. The highest BCUT2D eigenvalue weighted by Gasteiger charge is 2.09. The van der Waals surface area contributed by atoms with Crippen molar-refractivity contribution in [3.63, 3.8) is 0 Å². The van der Waals surface area contributed by atoms with E-state index in [4.69, 9.17) is 9.47 Å². The van der Waals surface area contributed by atoms with Crippen LogP contribution in [0.1, 0.15) is 33.4 Å². The van der Waals surface area contributed by atoms with E-state index in [1.165, 1.54) is 0 Å². The van der Waals surface area contributed by atoms with Gasteiger partial charge < -0.3 is 14.8 Å². The van der Waals surface area contributed by atoms with Crippen molar-refractivity contribution >= 4 is 0 Å². The predicted molar refractivity (Wildman–Crippen MR) is 70.6 cm³/mol. The van der Waals surface area contributed by atoms with Crippen LogP contribution in [0.15, 0.2) is 12.4 Å². The fourth-order valence-electron chi connectivity index (χ4n) is 1.33. The first-order valence-electron chi connectivity index (χ1n) is 6.12. The average molecular weight is 253 g/mol. The van der Waals surface area contributed by atoms with E-state index in [0.29, 0.717) is 19.0 Å². The third kappa shape index (κ3) is 5.93. The zero-order valence-corrected chi connectivity index (χ0v) is 11.9. The van der Waals surface area contributed by atoms with Gasteiger partial charge in [0.2, 0.25) is 5.88 Å². The van der Waals surface area contributed by atoms with E-state index in [2.05, 4.69) is 36.1 Å². The van der Waals surface area contributed by atoms with E-state index < -0.39 is 0 Å². The van der Waals surface area contributed by atoms with Crippen molar-refractivity contribution in [2.45, 2.75) is 45.9 Å². The Morgan fingerprint density at radius 1 is 1.28 bits per heavy atom. The first kappa shape index (κ1) is 14.9. The number of ether oxygens (including phenoxy) is 2. The molecule has 18 heavy (non-hydrogen) atoms. The average Bonchev–Trinajstić information content (AvgIpc) is 2.27. The summed E-state index contributed by atoms with van der Waals surface area (Å²) >= 11 is 0. The Morgan fingerprint density at radius 3 is 2.50 bits per heavy atom. The van der Waals surface area contributed by atoms with Gasteiger partial charge in [-0.25, -0.2) is 4.98 Å². The zero-order chi connectivity index (χ0) is 13.6. The molecule has 0 aliphatic rings. The molecule has 1 heterocycles. The molecule has 0 aliphatic heterocycles. The molecule has 0 saturated carbocycles. The summed E-state index contributed by atoms with van der Waals surface area (Å²) in [5, 5.41) is 3.36. The van der Waals surface area contributed by atoms with Crippen LogP contribution >= 0.6 is 0 Å². The molecule has 0 fully saturated rings. The van der Waals surface area contributed by atoms with Crippen LogP contribution in [0.2, 0.25) is 0 Å². The molecule has 0 saturated heterocycles. The van der Waals surface area contributed by atoms with Crippen molar-refractivity contribution < 1.29 is 9.47 Å². The van der Waals surface area contributed by atoms with Crippen LogP contribution in [0.25, 0.3) is 0 Å². The predicted octanol–water partition coefficient (Wildman–Crippen LogP) is 1.78. The molecule has 1 N–H and O–H groups in total. The molecule has 0 aromatic carbocycles. The van der Waals surface area contributed by atoms with Gasteiger partial charge in [-0.15, -0.1) is 0 Å². The lowest BCUT2D eigenvalue weighted by Gasteiger charge is -2.20. The highest BCUT2D eigenvalue weighted by atomic mass is 16.5. The summed E-state index contributed by atoms with van der Waals surface area (Å²) in [6.45, 7) is 9.51. The maximum atomic E-state index is 5.54. The molecule has 1 aromatic rings. The first-order chi connectivity index (χ1) is 8.40. The maximum Gasteiger partial charge on any atom is 0.232 e.